The first-order valence-electron chi connectivity index (χ1n) is 2.13. The van der Waals surface area contributed by atoms with Gasteiger partial charge in [0, 0.05) is 0 Å². The standard InChI is InChI=1S/C3H7N5O/c4-2-8(7-6)1-3(5)9/h2,4,6H,1H2,(H2,5,9). The molecule has 4 N–H and O–H groups in total. The van der Waals surface area contributed by atoms with Crippen molar-refractivity contribution in [3.63, 3.8) is 0 Å². The van der Waals surface area contributed by atoms with Crippen LogP contribution < -0.4 is 5.73 Å². The van der Waals surface area contributed by atoms with Gasteiger partial charge in [-0.25, -0.2) is 5.01 Å². The van der Waals surface area contributed by atoms with E-state index in [1.54, 1.807) is 0 Å². The van der Waals surface area contributed by atoms with Crippen LogP contribution >= 0.6 is 0 Å². The Morgan fingerprint density at radius 1 is 1.89 bits per heavy atom. The maximum absolute atomic E-state index is 10.1. The smallest absolute Gasteiger partial charge is 0.239 e. The highest BCUT2D eigenvalue weighted by Crippen LogP contribution is 1.79. The summed E-state index contributed by atoms with van der Waals surface area (Å²) in [4.78, 5) is 10.1. The van der Waals surface area contributed by atoms with Gasteiger partial charge in [-0.3, -0.25) is 10.2 Å². The molecule has 6 nitrogen and oxygen atoms in total. The number of rotatable bonds is 4. The summed E-state index contributed by atoms with van der Waals surface area (Å²) in [6, 6.07) is 0. The third-order valence-electron chi connectivity index (χ3n) is 0.595. The molecule has 0 aromatic heterocycles. The fourth-order valence-electron chi connectivity index (χ4n) is 0.270. The van der Waals surface area contributed by atoms with Crippen LogP contribution in [0.5, 0.6) is 0 Å². The van der Waals surface area contributed by atoms with E-state index in [9.17, 15) is 4.79 Å². The van der Waals surface area contributed by atoms with Crippen LogP contribution in [-0.2, 0) is 4.79 Å². The SMILES string of the molecule is N=CN(CC(N)=O)N=N. The molecule has 0 rings (SSSR count). The topological polar surface area (TPSA) is 106 Å². The van der Waals surface area contributed by atoms with Crippen molar-refractivity contribution in [2.45, 2.75) is 0 Å². The summed E-state index contributed by atoms with van der Waals surface area (Å²) in [5.74, 6) is -0.616. The van der Waals surface area contributed by atoms with E-state index in [0.29, 0.717) is 0 Å². The number of carbonyl (C=O) groups is 1. The van der Waals surface area contributed by atoms with Gasteiger partial charge in [-0.05, 0) is 0 Å². The highest BCUT2D eigenvalue weighted by atomic mass is 16.1. The molecule has 0 aliphatic heterocycles. The average molecular weight is 129 g/mol. The van der Waals surface area contributed by atoms with Crippen molar-refractivity contribution in [1.82, 2.24) is 5.01 Å². The van der Waals surface area contributed by atoms with Crippen LogP contribution in [0.1, 0.15) is 0 Å². The van der Waals surface area contributed by atoms with Gasteiger partial charge in [0.1, 0.15) is 12.9 Å². The Balaban J connectivity index is 3.68. The van der Waals surface area contributed by atoms with Gasteiger partial charge in [0.2, 0.25) is 5.91 Å². The summed E-state index contributed by atoms with van der Waals surface area (Å²) in [5.41, 5.74) is 11.1. The summed E-state index contributed by atoms with van der Waals surface area (Å²) in [7, 11) is 0. The Bertz CT molecular complexity index is 124. The molecule has 0 aromatic carbocycles. The Kier molecular flexibility index (Phi) is 2.96. The van der Waals surface area contributed by atoms with Gasteiger partial charge in [-0.2, -0.15) is 5.53 Å². The summed E-state index contributed by atoms with van der Waals surface area (Å²) >= 11 is 0. The van der Waals surface area contributed by atoms with E-state index in [0.717, 1.165) is 11.3 Å². The zero-order valence-corrected chi connectivity index (χ0v) is 4.66. The third-order valence-corrected chi connectivity index (χ3v) is 0.595. The molecular formula is C3H7N5O. The quantitative estimate of drug-likeness (QED) is 0.202. The molecule has 0 radical (unpaired) electrons. The Morgan fingerprint density at radius 3 is 2.56 bits per heavy atom. The first-order chi connectivity index (χ1) is 4.20. The largest absolute Gasteiger partial charge is 0.368 e. The summed E-state index contributed by atoms with van der Waals surface area (Å²) in [5, 5.41) is 10.1. The molecule has 6 heteroatoms. The highest BCUT2D eigenvalue weighted by molar-refractivity contribution is 5.77. The van der Waals surface area contributed by atoms with Gasteiger partial charge in [-0.1, -0.05) is 5.22 Å². The molecule has 0 aromatic rings. The van der Waals surface area contributed by atoms with E-state index in [-0.39, 0.29) is 6.54 Å². The van der Waals surface area contributed by atoms with Crippen LogP contribution in [0.25, 0.3) is 0 Å². The number of nitrogens with one attached hydrogen (secondary N) is 2. The van der Waals surface area contributed by atoms with Crippen molar-refractivity contribution in [1.29, 1.82) is 10.9 Å². The molecule has 0 unspecified atom stereocenters. The van der Waals surface area contributed by atoms with Gasteiger partial charge in [0.05, 0.1) is 0 Å². The monoisotopic (exact) mass is 129 g/mol. The maximum Gasteiger partial charge on any atom is 0.239 e. The minimum absolute atomic E-state index is 0.215. The average Bonchev–Trinajstić information content (AvgIpc) is 1.82. The van der Waals surface area contributed by atoms with Crippen LogP contribution in [0.4, 0.5) is 0 Å². The maximum atomic E-state index is 10.1. The molecule has 0 saturated carbocycles. The Morgan fingerprint density at radius 2 is 2.44 bits per heavy atom. The van der Waals surface area contributed by atoms with E-state index >= 15 is 0 Å². The first kappa shape index (κ1) is 7.54. The molecule has 0 fully saturated rings. The molecule has 50 valence electrons. The lowest BCUT2D eigenvalue weighted by Crippen LogP contribution is -2.28. The van der Waals surface area contributed by atoms with Gasteiger partial charge in [0.25, 0.3) is 0 Å². The summed E-state index contributed by atoms with van der Waals surface area (Å²) in [6.45, 7) is -0.215. The van der Waals surface area contributed by atoms with Crippen molar-refractivity contribution in [2.75, 3.05) is 6.54 Å². The van der Waals surface area contributed by atoms with Crippen LogP contribution in [0.15, 0.2) is 5.22 Å². The molecule has 0 aliphatic rings. The zero-order valence-electron chi connectivity index (χ0n) is 4.66. The normalized spacial score (nSPS) is 8.00. The first-order valence-corrected chi connectivity index (χ1v) is 2.13. The second-order valence-corrected chi connectivity index (χ2v) is 1.29. The molecule has 1 amide bonds. The number of hydrogen-bond acceptors (Lipinski definition) is 4. The van der Waals surface area contributed by atoms with Crippen LogP contribution in [-0.4, -0.2) is 23.8 Å². The lowest BCUT2D eigenvalue weighted by Gasteiger charge is -2.04. The van der Waals surface area contributed by atoms with Crippen LogP contribution in [0.3, 0.4) is 0 Å². The molecule has 0 atom stereocenters. The molecule has 0 spiro atoms. The second-order valence-electron chi connectivity index (χ2n) is 1.29. The minimum atomic E-state index is -0.616. The number of hydrogen-bond donors (Lipinski definition) is 3. The zero-order chi connectivity index (χ0) is 7.28. The summed E-state index contributed by atoms with van der Waals surface area (Å²) < 4.78 is 0. The molecule has 0 bridgehead atoms. The molecule has 9 heavy (non-hydrogen) atoms. The second kappa shape index (κ2) is 3.53. The Labute approximate surface area is 51.6 Å². The van der Waals surface area contributed by atoms with Gasteiger partial charge >= 0.3 is 0 Å². The number of primary amides is 1. The molecule has 0 saturated heterocycles. The Hall–Kier alpha value is -1.46. The predicted octanol–water partition coefficient (Wildman–Crippen LogP) is -0.673. The molecular weight excluding hydrogens is 122 g/mol. The van der Waals surface area contributed by atoms with E-state index in [4.69, 9.17) is 16.7 Å². The lowest BCUT2D eigenvalue weighted by molar-refractivity contribution is -0.118. The van der Waals surface area contributed by atoms with E-state index in [2.05, 4.69) is 5.22 Å². The van der Waals surface area contributed by atoms with E-state index in [1.165, 1.54) is 0 Å². The lowest BCUT2D eigenvalue weighted by atomic mass is 10.6. The minimum Gasteiger partial charge on any atom is -0.368 e. The van der Waals surface area contributed by atoms with Gasteiger partial charge < -0.3 is 5.73 Å². The van der Waals surface area contributed by atoms with Crippen LogP contribution in [0.2, 0.25) is 0 Å². The fraction of sp³-hybridized carbons (Fsp3) is 0.333. The van der Waals surface area contributed by atoms with Crippen molar-refractivity contribution in [2.24, 2.45) is 11.0 Å². The highest BCUT2D eigenvalue weighted by Gasteiger charge is 1.99. The van der Waals surface area contributed by atoms with Gasteiger partial charge in [-0.15, -0.1) is 0 Å². The van der Waals surface area contributed by atoms with Crippen molar-refractivity contribution in [3.05, 3.63) is 0 Å². The van der Waals surface area contributed by atoms with E-state index < -0.39 is 5.91 Å². The number of amides is 1. The van der Waals surface area contributed by atoms with Crippen molar-refractivity contribution >= 4 is 12.2 Å². The number of nitrogens with two attached hydrogens (primary N) is 1. The van der Waals surface area contributed by atoms with Crippen LogP contribution in [0, 0.1) is 10.9 Å². The molecule has 0 aliphatic carbocycles. The number of carbonyl (C=O) groups excluding carboxylic acids is 1. The third kappa shape index (κ3) is 3.15. The van der Waals surface area contributed by atoms with Gasteiger partial charge in [0.15, 0.2) is 0 Å². The fourth-order valence-corrected chi connectivity index (χ4v) is 0.270. The molecule has 0 heterocycles. The van der Waals surface area contributed by atoms with E-state index in [1.807, 2.05) is 0 Å². The summed E-state index contributed by atoms with van der Waals surface area (Å²) in [6.07, 6.45) is 0.748. The van der Waals surface area contributed by atoms with Crippen molar-refractivity contribution in [3.8, 4) is 0 Å². The number of nitrogens with zero attached hydrogens (tertiary/aromatic N) is 2. The van der Waals surface area contributed by atoms with Crippen molar-refractivity contribution < 1.29 is 4.79 Å². The predicted molar refractivity (Wildman–Crippen MR) is 29.8 cm³/mol.